The van der Waals surface area contributed by atoms with Gasteiger partial charge in [-0.05, 0) is 31.6 Å². The molecule has 2 heteroatoms. The third kappa shape index (κ3) is 5.93. The first kappa shape index (κ1) is 14.6. The molecule has 0 aromatic carbocycles. The highest BCUT2D eigenvalue weighted by atomic mass is 16.5. The number of ether oxygens (including phenoxy) is 1. The summed E-state index contributed by atoms with van der Waals surface area (Å²) in [4.78, 5) is 10.3. The van der Waals surface area contributed by atoms with Crippen LogP contribution in [0.3, 0.4) is 0 Å². The lowest BCUT2D eigenvalue weighted by Crippen LogP contribution is -2.33. The third-order valence-electron chi connectivity index (χ3n) is 3.26. The van der Waals surface area contributed by atoms with E-state index in [-0.39, 0.29) is 11.0 Å². The molecule has 0 aliphatic carbocycles. The van der Waals surface area contributed by atoms with Crippen LogP contribution in [0.1, 0.15) is 54.4 Å². The topological polar surface area (TPSA) is 26.3 Å². The summed E-state index contributed by atoms with van der Waals surface area (Å²) in [5, 5.41) is 0. The van der Waals surface area contributed by atoms with E-state index in [4.69, 9.17) is 4.74 Å². The highest BCUT2D eigenvalue weighted by Gasteiger charge is 2.27. The number of carbonyl (C=O) groups is 1. The second kappa shape index (κ2) is 5.64. The van der Waals surface area contributed by atoms with Gasteiger partial charge in [-0.1, -0.05) is 27.7 Å². The Labute approximate surface area is 94.4 Å². The fourth-order valence-electron chi connectivity index (χ4n) is 1.03. The van der Waals surface area contributed by atoms with Crippen molar-refractivity contribution >= 4 is 6.29 Å². The zero-order chi connectivity index (χ0) is 12.1. The largest absolute Gasteiger partial charge is 0.375 e. The molecule has 0 heterocycles. The molecule has 0 N–H and O–H groups in total. The van der Waals surface area contributed by atoms with Gasteiger partial charge in [-0.2, -0.15) is 0 Å². The van der Waals surface area contributed by atoms with Gasteiger partial charge in [-0.15, -0.1) is 0 Å². The number of aldehydes is 1. The maximum Gasteiger partial charge on any atom is 0.120 e. The molecule has 0 rings (SSSR count). The summed E-state index contributed by atoms with van der Waals surface area (Å²) in [7, 11) is 0. The fraction of sp³-hybridized carbons (Fsp3) is 0.923. The quantitative estimate of drug-likeness (QED) is 0.607. The Morgan fingerprint density at radius 3 is 2.13 bits per heavy atom. The van der Waals surface area contributed by atoms with Crippen LogP contribution in [0.4, 0.5) is 0 Å². The van der Waals surface area contributed by atoms with Crippen LogP contribution in [0.5, 0.6) is 0 Å². The van der Waals surface area contributed by atoms with Crippen LogP contribution in [0.2, 0.25) is 0 Å². The minimum Gasteiger partial charge on any atom is -0.375 e. The van der Waals surface area contributed by atoms with Gasteiger partial charge in [0, 0.05) is 6.42 Å². The maximum absolute atomic E-state index is 10.3. The van der Waals surface area contributed by atoms with Gasteiger partial charge in [0.1, 0.15) is 6.29 Å². The van der Waals surface area contributed by atoms with Gasteiger partial charge in [0.2, 0.25) is 0 Å². The first-order valence-electron chi connectivity index (χ1n) is 5.79. The second-order valence-corrected chi connectivity index (χ2v) is 5.90. The number of rotatable bonds is 7. The highest BCUT2D eigenvalue weighted by Crippen LogP contribution is 2.29. The van der Waals surface area contributed by atoms with Gasteiger partial charge in [-0.3, -0.25) is 0 Å². The van der Waals surface area contributed by atoms with Crippen LogP contribution in [0, 0.1) is 11.3 Å². The molecule has 0 saturated heterocycles. The molecule has 0 aromatic rings. The Bertz CT molecular complexity index is 193. The molecule has 0 aliphatic heterocycles. The zero-order valence-electron chi connectivity index (χ0n) is 11.1. The molecule has 90 valence electrons. The summed E-state index contributed by atoms with van der Waals surface area (Å²) in [6, 6.07) is 0. The van der Waals surface area contributed by atoms with E-state index < -0.39 is 0 Å². The van der Waals surface area contributed by atoms with Crippen LogP contribution < -0.4 is 0 Å². The lowest BCUT2D eigenvalue weighted by atomic mass is 9.82. The number of hydrogen-bond donors (Lipinski definition) is 0. The smallest absolute Gasteiger partial charge is 0.120 e. The molecular weight excluding hydrogens is 188 g/mol. The SMILES string of the molecule is CC(C)C(C)(C)COC(C)(C)CCC=O. The van der Waals surface area contributed by atoms with E-state index in [2.05, 4.69) is 27.7 Å². The van der Waals surface area contributed by atoms with Crippen LogP contribution in [0.15, 0.2) is 0 Å². The molecule has 0 saturated carbocycles. The Morgan fingerprint density at radius 2 is 1.73 bits per heavy atom. The molecule has 0 aliphatic rings. The Hall–Kier alpha value is -0.370. The van der Waals surface area contributed by atoms with E-state index in [1.165, 1.54) is 0 Å². The zero-order valence-corrected chi connectivity index (χ0v) is 11.1. The summed E-state index contributed by atoms with van der Waals surface area (Å²) >= 11 is 0. The molecule has 0 atom stereocenters. The maximum atomic E-state index is 10.3. The standard InChI is InChI=1S/C13H26O2/c1-11(2)12(3,4)10-15-13(5,6)8-7-9-14/h9,11H,7-8,10H2,1-6H3. The van der Waals surface area contributed by atoms with E-state index >= 15 is 0 Å². The minimum atomic E-state index is -0.187. The Morgan fingerprint density at radius 1 is 1.20 bits per heavy atom. The van der Waals surface area contributed by atoms with E-state index in [1.54, 1.807) is 0 Å². The third-order valence-corrected chi connectivity index (χ3v) is 3.26. The summed E-state index contributed by atoms with van der Waals surface area (Å²) in [6.07, 6.45) is 2.33. The van der Waals surface area contributed by atoms with Gasteiger partial charge in [0.25, 0.3) is 0 Å². The van der Waals surface area contributed by atoms with E-state index in [1.807, 2.05) is 13.8 Å². The summed E-state index contributed by atoms with van der Waals surface area (Å²) in [5.41, 5.74) is 0.00548. The molecule has 0 amide bonds. The van der Waals surface area contributed by atoms with Crippen molar-refractivity contribution in [2.24, 2.45) is 11.3 Å². The van der Waals surface area contributed by atoms with E-state index in [0.29, 0.717) is 12.3 Å². The van der Waals surface area contributed by atoms with Gasteiger partial charge >= 0.3 is 0 Å². The molecule has 0 spiro atoms. The molecule has 15 heavy (non-hydrogen) atoms. The van der Waals surface area contributed by atoms with Crippen LogP contribution in [-0.2, 0) is 9.53 Å². The molecule has 0 fully saturated rings. The average molecular weight is 214 g/mol. The van der Waals surface area contributed by atoms with Gasteiger partial charge < -0.3 is 9.53 Å². The molecule has 0 unspecified atom stereocenters. The monoisotopic (exact) mass is 214 g/mol. The Balaban J connectivity index is 4.07. The molecular formula is C13H26O2. The van der Waals surface area contributed by atoms with Crippen molar-refractivity contribution in [2.75, 3.05) is 6.61 Å². The van der Waals surface area contributed by atoms with Crippen LogP contribution >= 0.6 is 0 Å². The van der Waals surface area contributed by atoms with Crippen LogP contribution in [0.25, 0.3) is 0 Å². The van der Waals surface area contributed by atoms with Gasteiger partial charge in [0.05, 0.1) is 12.2 Å². The van der Waals surface area contributed by atoms with Crippen LogP contribution in [-0.4, -0.2) is 18.5 Å². The molecule has 0 aromatic heterocycles. The highest BCUT2D eigenvalue weighted by molar-refractivity contribution is 5.49. The predicted octanol–water partition coefficient (Wildman–Crippen LogP) is 3.44. The Kier molecular flexibility index (Phi) is 5.50. The average Bonchev–Trinajstić information content (AvgIpc) is 2.12. The van der Waals surface area contributed by atoms with Gasteiger partial charge in [0.15, 0.2) is 0 Å². The van der Waals surface area contributed by atoms with Crippen molar-refractivity contribution in [2.45, 2.75) is 60.0 Å². The molecule has 0 bridgehead atoms. The molecule has 2 nitrogen and oxygen atoms in total. The summed E-state index contributed by atoms with van der Waals surface area (Å²) < 4.78 is 5.90. The number of hydrogen-bond acceptors (Lipinski definition) is 2. The van der Waals surface area contributed by atoms with Crippen molar-refractivity contribution < 1.29 is 9.53 Å². The van der Waals surface area contributed by atoms with Crippen molar-refractivity contribution in [1.82, 2.24) is 0 Å². The van der Waals surface area contributed by atoms with Crippen molar-refractivity contribution in [3.8, 4) is 0 Å². The van der Waals surface area contributed by atoms with Crippen molar-refractivity contribution in [3.63, 3.8) is 0 Å². The summed E-state index contributed by atoms with van der Waals surface area (Å²) in [6.45, 7) is 13.7. The predicted molar refractivity (Wildman–Crippen MR) is 63.9 cm³/mol. The summed E-state index contributed by atoms with van der Waals surface area (Å²) in [5.74, 6) is 0.597. The lowest BCUT2D eigenvalue weighted by Gasteiger charge is -2.34. The normalized spacial score (nSPS) is 13.3. The van der Waals surface area contributed by atoms with Crippen molar-refractivity contribution in [1.29, 1.82) is 0 Å². The van der Waals surface area contributed by atoms with E-state index in [9.17, 15) is 4.79 Å². The van der Waals surface area contributed by atoms with E-state index in [0.717, 1.165) is 19.3 Å². The first-order valence-corrected chi connectivity index (χ1v) is 5.79. The molecule has 0 radical (unpaired) electrons. The van der Waals surface area contributed by atoms with Crippen molar-refractivity contribution in [3.05, 3.63) is 0 Å². The number of carbonyl (C=O) groups excluding carboxylic acids is 1. The van der Waals surface area contributed by atoms with Gasteiger partial charge in [-0.25, -0.2) is 0 Å². The minimum absolute atomic E-state index is 0.187. The second-order valence-electron chi connectivity index (χ2n) is 5.90. The lowest BCUT2D eigenvalue weighted by molar-refractivity contribution is -0.110. The fourth-order valence-corrected chi connectivity index (χ4v) is 1.03. The first-order chi connectivity index (χ1) is 6.71.